The molecule has 0 atom stereocenters. The van der Waals surface area contributed by atoms with Crippen molar-refractivity contribution in [2.75, 3.05) is 13.1 Å². The van der Waals surface area contributed by atoms with Crippen molar-refractivity contribution in [2.45, 2.75) is 38.3 Å². The normalized spacial score (nSPS) is 15.9. The molecule has 0 bridgehead atoms. The zero-order chi connectivity index (χ0) is 17.5. The summed E-state index contributed by atoms with van der Waals surface area (Å²) < 4.78 is 0. The molecule has 4 heteroatoms. The lowest BCUT2D eigenvalue weighted by molar-refractivity contribution is -0.122. The lowest BCUT2D eigenvalue weighted by Gasteiger charge is -2.32. The summed E-state index contributed by atoms with van der Waals surface area (Å²) in [6.07, 6.45) is 3.22. The summed E-state index contributed by atoms with van der Waals surface area (Å²) >= 11 is 6.14. The molecule has 1 heterocycles. The highest BCUT2D eigenvalue weighted by atomic mass is 35.5. The summed E-state index contributed by atoms with van der Waals surface area (Å²) in [5, 5.41) is 3.92. The Morgan fingerprint density at radius 1 is 1.04 bits per heavy atom. The van der Waals surface area contributed by atoms with Crippen LogP contribution in [0.25, 0.3) is 0 Å². The second-order valence-electron chi connectivity index (χ2n) is 6.69. The van der Waals surface area contributed by atoms with Crippen LogP contribution in [-0.4, -0.2) is 29.9 Å². The molecule has 25 heavy (non-hydrogen) atoms. The van der Waals surface area contributed by atoms with Gasteiger partial charge >= 0.3 is 0 Å². The highest BCUT2D eigenvalue weighted by Gasteiger charge is 2.20. The zero-order valence-electron chi connectivity index (χ0n) is 14.5. The Bertz CT molecular complexity index is 681. The molecule has 0 saturated carbocycles. The number of rotatable bonds is 6. The Balaban J connectivity index is 1.38. The van der Waals surface area contributed by atoms with Crippen LogP contribution in [0.1, 0.15) is 30.4 Å². The van der Waals surface area contributed by atoms with Crippen LogP contribution in [0.4, 0.5) is 0 Å². The number of nitrogens with one attached hydrogen (secondary N) is 1. The van der Waals surface area contributed by atoms with E-state index >= 15 is 0 Å². The maximum absolute atomic E-state index is 12.2. The van der Waals surface area contributed by atoms with Crippen LogP contribution in [0, 0.1) is 0 Å². The Hall–Kier alpha value is -1.84. The van der Waals surface area contributed by atoms with Gasteiger partial charge in [0.1, 0.15) is 0 Å². The number of amides is 1. The first kappa shape index (κ1) is 18.0. The molecule has 1 saturated heterocycles. The summed E-state index contributed by atoms with van der Waals surface area (Å²) in [6, 6.07) is 18.6. The molecule has 1 N–H and O–H groups in total. The summed E-state index contributed by atoms with van der Waals surface area (Å²) in [7, 11) is 0. The van der Waals surface area contributed by atoms with Crippen LogP contribution >= 0.6 is 11.6 Å². The summed E-state index contributed by atoms with van der Waals surface area (Å²) in [6.45, 7) is 3.06. The molecule has 132 valence electrons. The molecule has 0 spiro atoms. The minimum absolute atomic E-state index is 0.126. The number of likely N-dealkylation sites (tertiary alicyclic amines) is 1. The van der Waals surface area contributed by atoms with E-state index in [1.165, 1.54) is 5.56 Å². The van der Waals surface area contributed by atoms with E-state index < -0.39 is 0 Å². The van der Waals surface area contributed by atoms with Gasteiger partial charge in [0.25, 0.3) is 0 Å². The number of nitrogens with zero attached hydrogens (tertiary/aromatic N) is 1. The standard InChI is InChI=1S/C21H25ClN2O/c22-20-9-5-4-8-18(20)10-11-21(25)23-19-12-14-24(15-13-19)16-17-6-2-1-3-7-17/h1-9,19H,10-16H2,(H,23,25). The lowest BCUT2D eigenvalue weighted by atomic mass is 10.0. The fourth-order valence-electron chi connectivity index (χ4n) is 3.33. The molecule has 1 fully saturated rings. The monoisotopic (exact) mass is 356 g/mol. The van der Waals surface area contributed by atoms with Crippen molar-refractivity contribution in [3.8, 4) is 0 Å². The molecule has 0 radical (unpaired) electrons. The number of benzene rings is 2. The quantitative estimate of drug-likeness (QED) is 0.846. The SMILES string of the molecule is O=C(CCc1ccccc1Cl)NC1CCN(Cc2ccccc2)CC1. The van der Waals surface area contributed by atoms with Crippen molar-refractivity contribution in [3.05, 3.63) is 70.7 Å². The summed E-state index contributed by atoms with van der Waals surface area (Å²) in [4.78, 5) is 14.7. The topological polar surface area (TPSA) is 32.3 Å². The van der Waals surface area contributed by atoms with Crippen LogP contribution in [0.15, 0.2) is 54.6 Å². The first-order valence-electron chi connectivity index (χ1n) is 9.00. The van der Waals surface area contributed by atoms with Gasteiger partial charge in [-0.25, -0.2) is 0 Å². The Morgan fingerprint density at radius 3 is 2.44 bits per heavy atom. The average Bonchev–Trinajstić information content (AvgIpc) is 2.64. The van der Waals surface area contributed by atoms with Crippen LogP contribution in [0.3, 0.4) is 0 Å². The maximum Gasteiger partial charge on any atom is 0.220 e. The molecule has 0 aliphatic carbocycles. The minimum Gasteiger partial charge on any atom is -0.353 e. The van der Waals surface area contributed by atoms with Crippen molar-refractivity contribution in [3.63, 3.8) is 0 Å². The van der Waals surface area contributed by atoms with Crippen LogP contribution in [0.2, 0.25) is 5.02 Å². The van der Waals surface area contributed by atoms with E-state index in [9.17, 15) is 4.79 Å². The maximum atomic E-state index is 12.2. The van der Waals surface area contributed by atoms with E-state index in [-0.39, 0.29) is 5.91 Å². The molecular weight excluding hydrogens is 332 g/mol. The fraction of sp³-hybridized carbons (Fsp3) is 0.381. The van der Waals surface area contributed by atoms with Gasteiger partial charge in [-0.15, -0.1) is 0 Å². The van der Waals surface area contributed by atoms with Gasteiger partial charge in [-0.2, -0.15) is 0 Å². The highest BCUT2D eigenvalue weighted by molar-refractivity contribution is 6.31. The highest BCUT2D eigenvalue weighted by Crippen LogP contribution is 2.17. The molecule has 1 aliphatic rings. The third-order valence-corrected chi connectivity index (χ3v) is 5.15. The van der Waals surface area contributed by atoms with Gasteiger partial charge in [0, 0.05) is 37.1 Å². The molecular formula is C21H25ClN2O. The second kappa shape index (κ2) is 9.02. The zero-order valence-corrected chi connectivity index (χ0v) is 15.2. The number of hydrogen-bond donors (Lipinski definition) is 1. The van der Waals surface area contributed by atoms with E-state index in [0.29, 0.717) is 18.9 Å². The van der Waals surface area contributed by atoms with Crippen LogP contribution < -0.4 is 5.32 Å². The van der Waals surface area contributed by atoms with Gasteiger partial charge < -0.3 is 5.32 Å². The van der Waals surface area contributed by atoms with E-state index in [1.54, 1.807) is 0 Å². The van der Waals surface area contributed by atoms with Crippen molar-refractivity contribution in [1.29, 1.82) is 0 Å². The molecule has 0 aromatic heterocycles. The Kier molecular flexibility index (Phi) is 6.48. The average molecular weight is 357 g/mol. The summed E-state index contributed by atoms with van der Waals surface area (Å²) in [5.74, 6) is 0.126. The second-order valence-corrected chi connectivity index (χ2v) is 7.10. The van der Waals surface area contributed by atoms with E-state index in [2.05, 4.69) is 34.5 Å². The predicted octanol–water partition coefficient (Wildman–Crippen LogP) is 4.05. The number of carbonyl (C=O) groups is 1. The third-order valence-electron chi connectivity index (χ3n) is 4.78. The van der Waals surface area contributed by atoms with Crippen molar-refractivity contribution < 1.29 is 4.79 Å². The minimum atomic E-state index is 0.126. The van der Waals surface area contributed by atoms with Crippen LogP contribution in [-0.2, 0) is 17.8 Å². The summed E-state index contributed by atoms with van der Waals surface area (Å²) in [5.41, 5.74) is 2.39. The Morgan fingerprint density at radius 2 is 1.72 bits per heavy atom. The van der Waals surface area contributed by atoms with Gasteiger partial charge in [-0.3, -0.25) is 9.69 Å². The molecule has 3 nitrogen and oxygen atoms in total. The molecule has 2 aromatic rings. The fourth-order valence-corrected chi connectivity index (χ4v) is 3.56. The van der Waals surface area contributed by atoms with Crippen LogP contribution in [0.5, 0.6) is 0 Å². The van der Waals surface area contributed by atoms with Gasteiger partial charge in [0.05, 0.1) is 0 Å². The van der Waals surface area contributed by atoms with Gasteiger partial charge in [-0.05, 0) is 36.5 Å². The van der Waals surface area contributed by atoms with Gasteiger partial charge in [-0.1, -0.05) is 60.1 Å². The first-order valence-corrected chi connectivity index (χ1v) is 9.37. The van der Waals surface area contributed by atoms with E-state index in [4.69, 9.17) is 11.6 Å². The number of piperidine rings is 1. The van der Waals surface area contributed by atoms with Crippen molar-refractivity contribution >= 4 is 17.5 Å². The first-order chi connectivity index (χ1) is 12.2. The Labute approximate surface area is 155 Å². The molecule has 0 unspecified atom stereocenters. The molecule has 1 amide bonds. The molecule has 1 aliphatic heterocycles. The molecule has 2 aromatic carbocycles. The smallest absolute Gasteiger partial charge is 0.220 e. The van der Waals surface area contributed by atoms with Gasteiger partial charge in [0.2, 0.25) is 5.91 Å². The van der Waals surface area contributed by atoms with Crippen molar-refractivity contribution in [1.82, 2.24) is 10.2 Å². The lowest BCUT2D eigenvalue weighted by Crippen LogP contribution is -2.44. The van der Waals surface area contributed by atoms with E-state index in [0.717, 1.165) is 43.1 Å². The largest absolute Gasteiger partial charge is 0.353 e. The van der Waals surface area contributed by atoms with E-state index in [1.807, 2.05) is 30.3 Å². The van der Waals surface area contributed by atoms with Crippen molar-refractivity contribution in [2.24, 2.45) is 0 Å². The number of aryl methyl sites for hydroxylation is 1. The number of hydrogen-bond acceptors (Lipinski definition) is 2. The predicted molar refractivity (Wildman–Crippen MR) is 103 cm³/mol. The number of carbonyl (C=O) groups excluding carboxylic acids is 1. The molecule has 3 rings (SSSR count). The third kappa shape index (κ3) is 5.58. The van der Waals surface area contributed by atoms with Gasteiger partial charge in [0.15, 0.2) is 0 Å². The number of halogens is 1.